The number of hydrogen-bond donors (Lipinski definition) is 1. The van der Waals surface area contributed by atoms with Crippen molar-refractivity contribution in [2.45, 2.75) is 6.18 Å². The fraction of sp³-hybridized carbons (Fsp3) is 0.350. The Morgan fingerprint density at radius 1 is 1.14 bits per heavy atom. The minimum Gasteiger partial charge on any atom is -0.497 e. The molecule has 1 aliphatic rings. The molecule has 1 saturated heterocycles. The zero-order valence-electron chi connectivity index (χ0n) is 15.8. The van der Waals surface area contributed by atoms with E-state index < -0.39 is 16.8 Å². The number of carbonyl (C=O) groups is 1. The fourth-order valence-corrected chi connectivity index (χ4v) is 3.42. The lowest BCUT2D eigenvalue weighted by molar-refractivity contribution is -0.137. The number of ether oxygens (including phenoxy) is 1. The van der Waals surface area contributed by atoms with E-state index in [1.165, 1.54) is 6.07 Å². The first kappa shape index (κ1) is 21.3. The number of halogens is 4. The molecule has 0 saturated carbocycles. The monoisotopic (exact) mass is 427 g/mol. The summed E-state index contributed by atoms with van der Waals surface area (Å²) in [5, 5.41) is 2.12. The standard InChI is InChI=1S/C20H21ClF3N3O2/c1-29-16-4-2-3-15(12-16)27-9-7-26(8-10-27)13-19(28)25-14-5-6-18(21)17(11-14)20(22,23)24/h2-6,11-12H,7-10,13H2,1H3,(H,25,28). The van der Waals surface area contributed by atoms with Gasteiger partial charge in [0, 0.05) is 43.6 Å². The first-order chi connectivity index (χ1) is 13.8. The van der Waals surface area contributed by atoms with Crippen molar-refractivity contribution < 1.29 is 22.7 Å². The lowest BCUT2D eigenvalue weighted by Gasteiger charge is -2.35. The van der Waals surface area contributed by atoms with Crippen molar-refractivity contribution in [3.05, 3.63) is 53.1 Å². The maximum atomic E-state index is 12.9. The summed E-state index contributed by atoms with van der Waals surface area (Å²) in [6.45, 7) is 2.91. The second-order valence-corrected chi connectivity index (χ2v) is 7.11. The molecule has 0 spiro atoms. The molecule has 0 radical (unpaired) electrons. The molecular weight excluding hydrogens is 407 g/mol. The summed E-state index contributed by atoms with van der Waals surface area (Å²) < 4.78 is 44.1. The van der Waals surface area contributed by atoms with Crippen LogP contribution in [0.25, 0.3) is 0 Å². The maximum absolute atomic E-state index is 12.9. The van der Waals surface area contributed by atoms with Crippen LogP contribution in [-0.4, -0.2) is 50.6 Å². The average Bonchev–Trinajstić information content (AvgIpc) is 2.69. The van der Waals surface area contributed by atoms with Gasteiger partial charge in [-0.1, -0.05) is 17.7 Å². The molecule has 1 N–H and O–H groups in total. The Morgan fingerprint density at radius 3 is 2.52 bits per heavy atom. The predicted molar refractivity (Wildman–Crippen MR) is 107 cm³/mol. The predicted octanol–water partition coefficient (Wildman–Crippen LogP) is 4.13. The molecule has 1 heterocycles. The van der Waals surface area contributed by atoms with E-state index in [0.717, 1.165) is 36.7 Å². The van der Waals surface area contributed by atoms with E-state index in [0.29, 0.717) is 13.1 Å². The summed E-state index contributed by atoms with van der Waals surface area (Å²) >= 11 is 5.60. The maximum Gasteiger partial charge on any atom is 0.417 e. The van der Waals surface area contributed by atoms with E-state index in [9.17, 15) is 18.0 Å². The fourth-order valence-electron chi connectivity index (χ4n) is 3.20. The van der Waals surface area contributed by atoms with Crippen molar-refractivity contribution in [2.24, 2.45) is 0 Å². The molecule has 1 aliphatic heterocycles. The zero-order chi connectivity index (χ0) is 21.0. The zero-order valence-corrected chi connectivity index (χ0v) is 16.6. The number of amides is 1. The third-order valence-corrected chi connectivity index (χ3v) is 5.04. The number of benzene rings is 2. The highest BCUT2D eigenvalue weighted by Crippen LogP contribution is 2.36. The van der Waals surface area contributed by atoms with Crippen LogP contribution in [0.4, 0.5) is 24.5 Å². The summed E-state index contributed by atoms with van der Waals surface area (Å²) in [6.07, 6.45) is -4.58. The van der Waals surface area contributed by atoms with E-state index >= 15 is 0 Å². The number of piperazine rings is 1. The van der Waals surface area contributed by atoms with Crippen LogP contribution in [0.5, 0.6) is 5.75 Å². The highest BCUT2D eigenvalue weighted by Gasteiger charge is 2.33. The number of alkyl halides is 3. The Balaban J connectivity index is 1.54. The second-order valence-electron chi connectivity index (χ2n) is 6.71. The number of rotatable bonds is 5. The molecule has 1 fully saturated rings. The summed E-state index contributed by atoms with van der Waals surface area (Å²) in [7, 11) is 1.62. The van der Waals surface area contributed by atoms with Crippen molar-refractivity contribution in [1.82, 2.24) is 4.90 Å². The van der Waals surface area contributed by atoms with E-state index in [4.69, 9.17) is 16.3 Å². The average molecular weight is 428 g/mol. The number of nitrogens with zero attached hydrogens (tertiary/aromatic N) is 2. The van der Waals surface area contributed by atoms with Crippen LogP contribution in [0.3, 0.4) is 0 Å². The molecule has 1 amide bonds. The third-order valence-electron chi connectivity index (χ3n) is 4.71. The summed E-state index contributed by atoms with van der Waals surface area (Å²) in [5.74, 6) is 0.417. The lowest BCUT2D eigenvalue weighted by atomic mass is 10.2. The highest BCUT2D eigenvalue weighted by atomic mass is 35.5. The summed E-state index contributed by atoms with van der Waals surface area (Å²) in [6, 6.07) is 11.1. The van der Waals surface area contributed by atoms with E-state index in [1.807, 2.05) is 29.2 Å². The second kappa shape index (κ2) is 8.92. The number of anilines is 2. The lowest BCUT2D eigenvalue weighted by Crippen LogP contribution is -2.48. The van der Waals surface area contributed by atoms with Gasteiger partial charge in [-0.2, -0.15) is 13.2 Å². The molecule has 0 aliphatic carbocycles. The Kier molecular flexibility index (Phi) is 6.54. The van der Waals surface area contributed by atoms with Crippen LogP contribution in [-0.2, 0) is 11.0 Å². The number of hydrogen-bond acceptors (Lipinski definition) is 4. The van der Waals surface area contributed by atoms with E-state index in [-0.39, 0.29) is 18.1 Å². The van der Waals surface area contributed by atoms with Gasteiger partial charge in [0.15, 0.2) is 0 Å². The quantitative estimate of drug-likeness (QED) is 0.779. The number of carbonyl (C=O) groups excluding carboxylic acids is 1. The van der Waals surface area contributed by atoms with Gasteiger partial charge < -0.3 is 15.0 Å². The minimum absolute atomic E-state index is 0.0711. The van der Waals surface area contributed by atoms with Gasteiger partial charge in [0.1, 0.15) is 5.75 Å². The molecule has 9 heteroatoms. The van der Waals surface area contributed by atoms with Gasteiger partial charge >= 0.3 is 6.18 Å². The van der Waals surface area contributed by atoms with Crippen molar-refractivity contribution in [3.8, 4) is 5.75 Å². The Bertz CT molecular complexity index is 868. The minimum atomic E-state index is -4.58. The Morgan fingerprint density at radius 2 is 1.86 bits per heavy atom. The molecule has 2 aromatic carbocycles. The van der Waals surface area contributed by atoms with Crippen molar-refractivity contribution in [1.29, 1.82) is 0 Å². The largest absolute Gasteiger partial charge is 0.497 e. The number of methoxy groups -OCH3 is 1. The van der Waals surface area contributed by atoms with Gasteiger partial charge in [0.2, 0.25) is 5.91 Å². The molecule has 29 heavy (non-hydrogen) atoms. The molecule has 0 unspecified atom stereocenters. The normalized spacial score (nSPS) is 15.3. The molecule has 0 bridgehead atoms. The molecule has 2 aromatic rings. The van der Waals surface area contributed by atoms with Crippen LogP contribution in [0.1, 0.15) is 5.56 Å². The van der Waals surface area contributed by atoms with Gasteiger partial charge in [-0.25, -0.2) is 0 Å². The first-order valence-electron chi connectivity index (χ1n) is 9.04. The van der Waals surface area contributed by atoms with E-state index in [2.05, 4.69) is 10.2 Å². The van der Waals surface area contributed by atoms with Crippen LogP contribution in [0.15, 0.2) is 42.5 Å². The SMILES string of the molecule is COc1cccc(N2CCN(CC(=O)Nc3ccc(Cl)c(C(F)(F)F)c3)CC2)c1. The van der Waals surface area contributed by atoms with Crippen molar-refractivity contribution in [2.75, 3.05) is 50.1 Å². The van der Waals surface area contributed by atoms with Crippen LogP contribution in [0.2, 0.25) is 5.02 Å². The summed E-state index contributed by atoms with van der Waals surface area (Å²) in [4.78, 5) is 16.4. The summed E-state index contributed by atoms with van der Waals surface area (Å²) in [5.41, 5.74) is 0.153. The Labute approximate surface area is 172 Å². The third kappa shape index (κ3) is 5.55. The van der Waals surface area contributed by atoms with Gasteiger partial charge in [0.05, 0.1) is 24.2 Å². The van der Waals surface area contributed by atoms with Crippen LogP contribution in [0, 0.1) is 0 Å². The molecule has 156 valence electrons. The van der Waals surface area contributed by atoms with E-state index in [1.54, 1.807) is 7.11 Å². The van der Waals surface area contributed by atoms with Gasteiger partial charge in [0.25, 0.3) is 0 Å². The van der Waals surface area contributed by atoms with Crippen molar-refractivity contribution in [3.63, 3.8) is 0 Å². The van der Waals surface area contributed by atoms with Crippen LogP contribution >= 0.6 is 11.6 Å². The highest BCUT2D eigenvalue weighted by molar-refractivity contribution is 6.31. The topological polar surface area (TPSA) is 44.8 Å². The molecule has 0 aromatic heterocycles. The smallest absolute Gasteiger partial charge is 0.417 e. The van der Waals surface area contributed by atoms with Gasteiger partial charge in [-0.15, -0.1) is 0 Å². The van der Waals surface area contributed by atoms with Crippen molar-refractivity contribution >= 4 is 28.9 Å². The van der Waals surface area contributed by atoms with Gasteiger partial charge in [-0.05, 0) is 30.3 Å². The number of nitrogens with one attached hydrogen (secondary N) is 1. The molecule has 0 atom stereocenters. The van der Waals surface area contributed by atoms with Gasteiger partial charge in [-0.3, -0.25) is 9.69 Å². The molecule has 3 rings (SSSR count). The molecular formula is C20H21ClF3N3O2. The first-order valence-corrected chi connectivity index (χ1v) is 9.42. The Hall–Kier alpha value is -2.45. The molecule has 5 nitrogen and oxygen atoms in total. The van der Waals surface area contributed by atoms with Crippen LogP contribution < -0.4 is 15.0 Å².